The molecule has 1 atom stereocenters. The molecule has 1 aliphatic heterocycles. The van der Waals surface area contributed by atoms with Gasteiger partial charge in [0.25, 0.3) is 0 Å². The first-order valence-corrected chi connectivity index (χ1v) is 7.71. The molecule has 22 heavy (non-hydrogen) atoms. The quantitative estimate of drug-likeness (QED) is 0.934. The van der Waals surface area contributed by atoms with Gasteiger partial charge in [0.05, 0.1) is 13.2 Å². The highest BCUT2D eigenvalue weighted by Gasteiger charge is 2.23. The van der Waals surface area contributed by atoms with E-state index in [0.717, 1.165) is 24.5 Å². The number of fused-ring (bicyclic) bond motifs is 1. The van der Waals surface area contributed by atoms with Gasteiger partial charge in [0.2, 0.25) is 0 Å². The van der Waals surface area contributed by atoms with Crippen molar-refractivity contribution in [2.75, 3.05) is 13.2 Å². The smallest absolute Gasteiger partial charge is 0.126 e. The molecular weight excluding hydrogens is 276 g/mol. The first-order chi connectivity index (χ1) is 10.6. The zero-order chi connectivity index (χ0) is 15.6. The molecule has 0 radical (unpaired) electrons. The lowest BCUT2D eigenvalue weighted by molar-refractivity contribution is 0.0412. The lowest BCUT2D eigenvalue weighted by Crippen LogP contribution is -2.32. The van der Waals surface area contributed by atoms with Crippen molar-refractivity contribution >= 4 is 0 Å². The summed E-state index contributed by atoms with van der Waals surface area (Å²) in [5.41, 5.74) is 1.95. The van der Waals surface area contributed by atoms with Gasteiger partial charge >= 0.3 is 0 Å². The van der Waals surface area contributed by atoms with E-state index in [1.54, 1.807) is 0 Å². The Morgan fingerprint density at radius 3 is 2.59 bits per heavy atom. The summed E-state index contributed by atoms with van der Waals surface area (Å²) in [7, 11) is 0. The molecule has 0 spiro atoms. The first-order valence-electron chi connectivity index (χ1n) is 7.71. The summed E-state index contributed by atoms with van der Waals surface area (Å²) < 4.78 is 11.5. The summed E-state index contributed by atoms with van der Waals surface area (Å²) in [5, 5.41) is 9.28. The molecule has 0 fully saturated rings. The fourth-order valence-electron chi connectivity index (χ4n) is 2.81. The largest absolute Gasteiger partial charge is 0.493 e. The minimum absolute atomic E-state index is 0.0118. The minimum atomic E-state index is -0.563. The standard InChI is InChI=1S/C19H22O3/c1-19(2,13-20)22-15-9-7-14(8-10-15)16-11-12-21-18-6-4-3-5-17(16)18/h3-10,16,20H,11-13H2,1-2H3. The van der Waals surface area contributed by atoms with Crippen LogP contribution in [0.2, 0.25) is 0 Å². The second kappa shape index (κ2) is 6.01. The van der Waals surface area contributed by atoms with E-state index in [2.05, 4.69) is 24.3 Å². The zero-order valence-corrected chi connectivity index (χ0v) is 13.1. The third kappa shape index (κ3) is 3.09. The van der Waals surface area contributed by atoms with E-state index < -0.39 is 5.60 Å². The van der Waals surface area contributed by atoms with E-state index in [1.807, 2.05) is 38.1 Å². The van der Waals surface area contributed by atoms with Crippen LogP contribution in [-0.4, -0.2) is 23.9 Å². The van der Waals surface area contributed by atoms with Gasteiger partial charge in [-0.3, -0.25) is 0 Å². The maximum atomic E-state index is 9.28. The number of hydrogen-bond donors (Lipinski definition) is 1. The number of rotatable bonds is 4. The third-order valence-corrected chi connectivity index (χ3v) is 4.02. The van der Waals surface area contributed by atoms with Crippen molar-refractivity contribution in [2.24, 2.45) is 0 Å². The molecule has 0 bridgehead atoms. The summed E-state index contributed by atoms with van der Waals surface area (Å²) in [5.74, 6) is 2.13. The third-order valence-electron chi connectivity index (χ3n) is 4.02. The Labute approximate surface area is 131 Å². The molecule has 1 unspecified atom stereocenters. The number of para-hydroxylation sites is 1. The van der Waals surface area contributed by atoms with E-state index in [0.29, 0.717) is 5.92 Å². The maximum Gasteiger partial charge on any atom is 0.126 e. The van der Waals surface area contributed by atoms with Crippen LogP contribution in [0.3, 0.4) is 0 Å². The number of hydrogen-bond acceptors (Lipinski definition) is 3. The summed E-state index contributed by atoms with van der Waals surface area (Å²) in [6, 6.07) is 16.4. The number of aliphatic hydroxyl groups excluding tert-OH is 1. The highest BCUT2D eigenvalue weighted by molar-refractivity contribution is 5.44. The van der Waals surface area contributed by atoms with Gasteiger partial charge in [-0.2, -0.15) is 0 Å². The van der Waals surface area contributed by atoms with Crippen LogP contribution in [0, 0.1) is 0 Å². The van der Waals surface area contributed by atoms with E-state index in [1.165, 1.54) is 11.1 Å². The lowest BCUT2D eigenvalue weighted by Gasteiger charge is -2.27. The molecule has 1 aliphatic rings. The number of benzene rings is 2. The predicted octanol–water partition coefficient (Wildman–Crippen LogP) is 3.75. The van der Waals surface area contributed by atoms with Gasteiger partial charge in [-0.05, 0) is 44.0 Å². The van der Waals surface area contributed by atoms with Crippen molar-refractivity contribution in [3.8, 4) is 11.5 Å². The fraction of sp³-hybridized carbons (Fsp3) is 0.368. The van der Waals surface area contributed by atoms with Gasteiger partial charge in [0.1, 0.15) is 17.1 Å². The fourth-order valence-corrected chi connectivity index (χ4v) is 2.81. The SMILES string of the molecule is CC(C)(CO)Oc1ccc(C2CCOc3ccccc32)cc1. The Bertz CT molecular complexity index is 631. The average molecular weight is 298 g/mol. The van der Waals surface area contributed by atoms with Gasteiger partial charge in [0, 0.05) is 11.5 Å². The number of aliphatic hydroxyl groups is 1. The summed E-state index contributed by atoms with van der Waals surface area (Å²) >= 11 is 0. The first kappa shape index (κ1) is 14.9. The van der Waals surface area contributed by atoms with Crippen LogP contribution in [0.15, 0.2) is 48.5 Å². The monoisotopic (exact) mass is 298 g/mol. The van der Waals surface area contributed by atoms with Crippen molar-refractivity contribution in [1.29, 1.82) is 0 Å². The minimum Gasteiger partial charge on any atom is -0.493 e. The second-order valence-electron chi connectivity index (χ2n) is 6.32. The van der Waals surface area contributed by atoms with Gasteiger partial charge in [-0.15, -0.1) is 0 Å². The Kier molecular flexibility index (Phi) is 4.08. The highest BCUT2D eigenvalue weighted by atomic mass is 16.5. The molecule has 3 heteroatoms. The van der Waals surface area contributed by atoms with Crippen LogP contribution >= 0.6 is 0 Å². The van der Waals surface area contributed by atoms with Crippen LogP contribution in [0.25, 0.3) is 0 Å². The Hall–Kier alpha value is -2.00. The van der Waals surface area contributed by atoms with Crippen LogP contribution < -0.4 is 9.47 Å². The van der Waals surface area contributed by atoms with Crippen LogP contribution in [-0.2, 0) is 0 Å². The van der Waals surface area contributed by atoms with Crippen molar-refractivity contribution in [3.05, 3.63) is 59.7 Å². The van der Waals surface area contributed by atoms with Crippen LogP contribution in [0.4, 0.5) is 0 Å². The molecule has 0 saturated carbocycles. The van der Waals surface area contributed by atoms with Crippen molar-refractivity contribution in [3.63, 3.8) is 0 Å². The van der Waals surface area contributed by atoms with Crippen molar-refractivity contribution in [1.82, 2.24) is 0 Å². The Morgan fingerprint density at radius 2 is 1.86 bits per heavy atom. The van der Waals surface area contributed by atoms with Crippen molar-refractivity contribution in [2.45, 2.75) is 31.8 Å². The average Bonchev–Trinajstić information content (AvgIpc) is 2.55. The Balaban J connectivity index is 1.82. The lowest BCUT2D eigenvalue weighted by atomic mass is 9.87. The van der Waals surface area contributed by atoms with Gasteiger partial charge in [0.15, 0.2) is 0 Å². The summed E-state index contributed by atoms with van der Waals surface area (Å²) in [6.07, 6.45) is 0.985. The molecule has 1 heterocycles. The van der Waals surface area contributed by atoms with Crippen LogP contribution in [0.1, 0.15) is 37.3 Å². The summed E-state index contributed by atoms with van der Waals surface area (Å²) in [6.45, 7) is 4.48. The molecule has 0 amide bonds. The van der Waals surface area contributed by atoms with E-state index in [4.69, 9.17) is 9.47 Å². The van der Waals surface area contributed by atoms with E-state index in [-0.39, 0.29) is 6.61 Å². The molecule has 116 valence electrons. The molecular formula is C19H22O3. The van der Waals surface area contributed by atoms with Crippen molar-refractivity contribution < 1.29 is 14.6 Å². The molecule has 0 aromatic heterocycles. The van der Waals surface area contributed by atoms with Gasteiger partial charge < -0.3 is 14.6 Å². The normalized spacial score (nSPS) is 17.5. The predicted molar refractivity (Wildman–Crippen MR) is 86.6 cm³/mol. The molecule has 0 saturated heterocycles. The summed E-state index contributed by atoms with van der Waals surface area (Å²) in [4.78, 5) is 0. The number of ether oxygens (including phenoxy) is 2. The second-order valence-corrected chi connectivity index (χ2v) is 6.32. The zero-order valence-electron chi connectivity index (χ0n) is 13.1. The van der Waals surface area contributed by atoms with E-state index >= 15 is 0 Å². The molecule has 2 aromatic rings. The van der Waals surface area contributed by atoms with Crippen LogP contribution in [0.5, 0.6) is 11.5 Å². The molecule has 3 nitrogen and oxygen atoms in total. The molecule has 0 aliphatic carbocycles. The molecule has 3 rings (SSSR count). The highest BCUT2D eigenvalue weighted by Crippen LogP contribution is 2.38. The topological polar surface area (TPSA) is 38.7 Å². The Morgan fingerprint density at radius 1 is 1.14 bits per heavy atom. The van der Waals surface area contributed by atoms with E-state index in [9.17, 15) is 5.11 Å². The molecule has 1 N–H and O–H groups in total. The maximum absolute atomic E-state index is 9.28. The molecule has 2 aromatic carbocycles. The van der Waals surface area contributed by atoms with Gasteiger partial charge in [-0.1, -0.05) is 30.3 Å². The van der Waals surface area contributed by atoms with Gasteiger partial charge in [-0.25, -0.2) is 0 Å².